The first-order chi connectivity index (χ1) is 12.5. The molecule has 3 aromatic rings. The zero-order chi connectivity index (χ0) is 18.7. The van der Waals surface area contributed by atoms with Crippen molar-refractivity contribution in [3.63, 3.8) is 0 Å². The highest BCUT2D eigenvalue weighted by atomic mass is 35.5. The molecular formula is C18H12ClF2N3O2. The average molecular weight is 376 g/mol. The van der Waals surface area contributed by atoms with Crippen molar-refractivity contribution in [3.05, 3.63) is 82.6 Å². The van der Waals surface area contributed by atoms with E-state index in [1.165, 1.54) is 18.2 Å². The monoisotopic (exact) mass is 375 g/mol. The average Bonchev–Trinajstić information content (AvgIpc) is 3.14. The van der Waals surface area contributed by atoms with Gasteiger partial charge in [-0.05, 0) is 24.3 Å². The number of hydrogen-bond donors (Lipinski definition) is 1. The number of nitrogens with zero attached hydrogens (tertiary/aromatic N) is 2. The van der Waals surface area contributed by atoms with Crippen LogP contribution in [0.1, 0.15) is 33.0 Å². The minimum atomic E-state index is -2.85. The molecule has 0 bridgehead atoms. The SMILES string of the molecule is O=C(Nc1ccc(Cl)cc1C(=O)c1ccccc1)c1ccn(C(F)F)n1. The summed E-state index contributed by atoms with van der Waals surface area (Å²) in [6.07, 6.45) is 0.997. The fourth-order valence-electron chi connectivity index (χ4n) is 2.31. The van der Waals surface area contributed by atoms with Gasteiger partial charge in [0.1, 0.15) is 0 Å². The molecule has 5 nitrogen and oxygen atoms in total. The number of aromatic nitrogens is 2. The van der Waals surface area contributed by atoms with E-state index in [0.717, 1.165) is 12.3 Å². The third-order valence-corrected chi connectivity index (χ3v) is 3.79. The van der Waals surface area contributed by atoms with E-state index in [4.69, 9.17) is 11.6 Å². The molecular weight excluding hydrogens is 364 g/mol. The Morgan fingerprint density at radius 2 is 1.81 bits per heavy atom. The number of amides is 1. The van der Waals surface area contributed by atoms with Crippen molar-refractivity contribution in [3.8, 4) is 0 Å². The van der Waals surface area contributed by atoms with E-state index in [1.54, 1.807) is 30.3 Å². The Kier molecular flexibility index (Phi) is 5.09. The minimum Gasteiger partial charge on any atom is -0.320 e. The molecule has 1 amide bonds. The lowest BCUT2D eigenvalue weighted by Crippen LogP contribution is -2.16. The van der Waals surface area contributed by atoms with E-state index in [1.807, 2.05) is 0 Å². The molecule has 0 unspecified atom stereocenters. The molecule has 0 saturated carbocycles. The Labute approximate surface area is 152 Å². The van der Waals surface area contributed by atoms with E-state index in [0.29, 0.717) is 15.3 Å². The molecule has 0 atom stereocenters. The van der Waals surface area contributed by atoms with Crippen LogP contribution in [0.4, 0.5) is 14.5 Å². The molecule has 26 heavy (non-hydrogen) atoms. The standard InChI is InChI=1S/C18H12ClF2N3O2/c19-12-6-7-14(13(10-12)16(25)11-4-2-1-3-5-11)22-17(26)15-8-9-24(23-15)18(20)21/h1-10,18H,(H,22,26). The fourth-order valence-corrected chi connectivity index (χ4v) is 2.48. The van der Waals surface area contributed by atoms with Gasteiger partial charge in [0, 0.05) is 22.3 Å². The Hall–Kier alpha value is -3.06. The number of rotatable bonds is 5. The molecule has 1 heterocycles. The molecule has 0 aliphatic rings. The molecule has 1 aromatic heterocycles. The van der Waals surface area contributed by atoms with Crippen LogP contribution in [0.2, 0.25) is 5.02 Å². The largest absolute Gasteiger partial charge is 0.333 e. The molecule has 132 valence electrons. The maximum absolute atomic E-state index is 12.7. The molecule has 0 saturated heterocycles. The van der Waals surface area contributed by atoms with Crippen LogP contribution in [0.15, 0.2) is 60.8 Å². The number of alkyl halides is 2. The van der Waals surface area contributed by atoms with Crippen molar-refractivity contribution in [2.75, 3.05) is 5.32 Å². The number of halogens is 3. The quantitative estimate of drug-likeness (QED) is 0.671. The first-order valence-electron chi connectivity index (χ1n) is 7.49. The van der Waals surface area contributed by atoms with E-state index in [-0.39, 0.29) is 22.7 Å². The van der Waals surface area contributed by atoms with Gasteiger partial charge in [-0.25, -0.2) is 4.68 Å². The predicted molar refractivity (Wildman–Crippen MR) is 92.8 cm³/mol. The zero-order valence-electron chi connectivity index (χ0n) is 13.2. The van der Waals surface area contributed by atoms with Gasteiger partial charge in [0.15, 0.2) is 11.5 Å². The van der Waals surface area contributed by atoms with Crippen LogP contribution in [0, 0.1) is 0 Å². The molecule has 0 aliphatic heterocycles. The van der Waals surface area contributed by atoms with Crippen molar-refractivity contribution in [2.24, 2.45) is 0 Å². The van der Waals surface area contributed by atoms with Gasteiger partial charge in [0.25, 0.3) is 5.91 Å². The molecule has 8 heteroatoms. The number of carbonyl (C=O) groups excluding carboxylic acids is 2. The van der Waals surface area contributed by atoms with E-state index < -0.39 is 12.5 Å². The number of hydrogen-bond acceptors (Lipinski definition) is 3. The third kappa shape index (κ3) is 3.78. The van der Waals surface area contributed by atoms with Crippen LogP contribution in [0.5, 0.6) is 0 Å². The van der Waals surface area contributed by atoms with E-state index >= 15 is 0 Å². The summed E-state index contributed by atoms with van der Waals surface area (Å²) in [6.45, 7) is -2.85. The van der Waals surface area contributed by atoms with E-state index in [2.05, 4.69) is 10.4 Å². The Balaban J connectivity index is 1.90. The molecule has 0 fully saturated rings. The smallest absolute Gasteiger partial charge is 0.320 e. The first kappa shape index (κ1) is 17.8. The Bertz CT molecular complexity index is 958. The summed E-state index contributed by atoms with van der Waals surface area (Å²) in [5.41, 5.74) is 0.621. The van der Waals surface area contributed by atoms with Crippen molar-refractivity contribution in [2.45, 2.75) is 6.55 Å². The maximum atomic E-state index is 12.7. The van der Waals surface area contributed by atoms with Crippen molar-refractivity contribution in [1.82, 2.24) is 9.78 Å². The Morgan fingerprint density at radius 3 is 2.46 bits per heavy atom. The van der Waals surface area contributed by atoms with Crippen molar-refractivity contribution >= 4 is 29.0 Å². The van der Waals surface area contributed by atoms with Crippen LogP contribution in [-0.2, 0) is 0 Å². The minimum absolute atomic E-state index is 0.186. The Morgan fingerprint density at radius 1 is 1.08 bits per heavy atom. The van der Waals surface area contributed by atoms with Crippen LogP contribution in [0.3, 0.4) is 0 Å². The lowest BCUT2D eigenvalue weighted by molar-refractivity contribution is 0.0561. The van der Waals surface area contributed by atoms with Gasteiger partial charge in [-0.2, -0.15) is 13.9 Å². The normalized spacial score (nSPS) is 10.8. The van der Waals surface area contributed by atoms with Gasteiger partial charge in [-0.1, -0.05) is 41.9 Å². The van der Waals surface area contributed by atoms with Gasteiger partial charge < -0.3 is 5.32 Å². The fraction of sp³-hybridized carbons (Fsp3) is 0.0556. The van der Waals surface area contributed by atoms with Gasteiger partial charge in [-0.15, -0.1) is 0 Å². The maximum Gasteiger partial charge on any atom is 0.333 e. The van der Waals surface area contributed by atoms with Gasteiger partial charge in [0.2, 0.25) is 0 Å². The van der Waals surface area contributed by atoms with Crippen LogP contribution in [-0.4, -0.2) is 21.5 Å². The number of anilines is 1. The summed E-state index contributed by atoms with van der Waals surface area (Å²) in [4.78, 5) is 25.0. The second kappa shape index (κ2) is 7.45. The van der Waals surface area contributed by atoms with Gasteiger partial charge >= 0.3 is 6.55 Å². The molecule has 1 N–H and O–H groups in total. The summed E-state index contributed by atoms with van der Waals surface area (Å²) < 4.78 is 25.5. The molecule has 0 radical (unpaired) electrons. The highest BCUT2D eigenvalue weighted by Gasteiger charge is 2.18. The number of carbonyl (C=O) groups is 2. The molecule has 3 rings (SSSR count). The molecule has 0 spiro atoms. The zero-order valence-corrected chi connectivity index (χ0v) is 14.0. The summed E-state index contributed by atoms with van der Waals surface area (Å²) in [7, 11) is 0. The number of nitrogens with one attached hydrogen (secondary N) is 1. The first-order valence-corrected chi connectivity index (χ1v) is 7.87. The number of ketones is 1. The summed E-state index contributed by atoms with van der Waals surface area (Å²) in [6, 6.07) is 14.1. The lowest BCUT2D eigenvalue weighted by Gasteiger charge is -2.10. The summed E-state index contributed by atoms with van der Waals surface area (Å²) in [5.74, 6) is -1.05. The van der Waals surface area contributed by atoms with Gasteiger partial charge in [0.05, 0.1) is 5.69 Å². The van der Waals surface area contributed by atoms with Crippen molar-refractivity contribution in [1.29, 1.82) is 0 Å². The molecule has 0 aliphatic carbocycles. The van der Waals surface area contributed by atoms with Crippen LogP contribution < -0.4 is 5.32 Å². The highest BCUT2D eigenvalue weighted by molar-refractivity contribution is 6.31. The van der Waals surface area contributed by atoms with Crippen LogP contribution in [0.25, 0.3) is 0 Å². The van der Waals surface area contributed by atoms with Crippen LogP contribution >= 0.6 is 11.6 Å². The second-order valence-electron chi connectivity index (χ2n) is 5.30. The highest BCUT2D eigenvalue weighted by Crippen LogP contribution is 2.24. The molecule has 2 aromatic carbocycles. The summed E-state index contributed by atoms with van der Waals surface area (Å²) in [5, 5.41) is 6.34. The van der Waals surface area contributed by atoms with Gasteiger partial charge in [-0.3, -0.25) is 9.59 Å². The lowest BCUT2D eigenvalue weighted by atomic mass is 10.0. The predicted octanol–water partition coefficient (Wildman–Crippen LogP) is 4.41. The third-order valence-electron chi connectivity index (χ3n) is 3.55. The second-order valence-corrected chi connectivity index (χ2v) is 5.73. The topological polar surface area (TPSA) is 64.0 Å². The number of benzene rings is 2. The van der Waals surface area contributed by atoms with Crippen molar-refractivity contribution < 1.29 is 18.4 Å². The summed E-state index contributed by atoms with van der Waals surface area (Å²) >= 11 is 5.98. The van der Waals surface area contributed by atoms with E-state index in [9.17, 15) is 18.4 Å².